The Morgan fingerprint density at radius 3 is 0.833 bits per heavy atom. The first-order valence-corrected chi connectivity index (χ1v) is 8.23. The largest absolute Gasteiger partial charge is 0.321 e. The molecule has 0 amide bonds. The maximum Gasteiger partial charge on any atom is 0.178 e. The van der Waals surface area contributed by atoms with Gasteiger partial charge in [-0.15, -0.1) is 0 Å². The Balaban J connectivity index is 2.93. The van der Waals surface area contributed by atoms with Gasteiger partial charge in [0.15, 0.2) is 18.9 Å². The van der Waals surface area contributed by atoms with Gasteiger partial charge in [-0.05, 0) is 41.5 Å². The van der Waals surface area contributed by atoms with E-state index in [9.17, 15) is 0 Å². The van der Waals surface area contributed by atoms with Gasteiger partial charge >= 0.3 is 0 Å². The van der Waals surface area contributed by atoms with Crippen molar-refractivity contribution >= 4 is 47.8 Å². The van der Waals surface area contributed by atoms with E-state index in [1.807, 2.05) is 41.5 Å². The SMILES string of the molecule is CC(C)(Br)C1OC(C(C)(C)Br)OC(C(C)(C)Br)O1. The molecule has 1 rings (SSSR count). The molecule has 1 saturated heterocycles. The number of rotatable bonds is 3. The van der Waals surface area contributed by atoms with Crippen LogP contribution in [0.2, 0.25) is 0 Å². The summed E-state index contributed by atoms with van der Waals surface area (Å²) in [5.74, 6) is 0. The van der Waals surface area contributed by atoms with Crippen molar-refractivity contribution in [2.45, 2.75) is 73.4 Å². The second-order valence-corrected chi connectivity index (χ2v) is 12.2. The third-order valence-corrected chi connectivity index (χ3v) is 3.54. The lowest BCUT2D eigenvalue weighted by Gasteiger charge is -2.46. The van der Waals surface area contributed by atoms with Crippen molar-refractivity contribution in [2.75, 3.05) is 0 Å². The molecule has 0 aromatic rings. The number of hydrogen-bond donors (Lipinski definition) is 0. The molecule has 18 heavy (non-hydrogen) atoms. The number of halogens is 3. The van der Waals surface area contributed by atoms with E-state index in [1.54, 1.807) is 0 Å². The van der Waals surface area contributed by atoms with Crippen LogP contribution in [0.25, 0.3) is 0 Å². The molecule has 1 fully saturated rings. The summed E-state index contributed by atoms with van der Waals surface area (Å²) in [6.45, 7) is 12.1. The third kappa shape index (κ3) is 4.70. The molecule has 6 heteroatoms. The van der Waals surface area contributed by atoms with Gasteiger partial charge in [0.25, 0.3) is 0 Å². The van der Waals surface area contributed by atoms with Gasteiger partial charge in [-0.25, -0.2) is 0 Å². The molecule has 0 N–H and O–H groups in total. The summed E-state index contributed by atoms with van der Waals surface area (Å²) in [7, 11) is 0. The van der Waals surface area contributed by atoms with Gasteiger partial charge in [0.05, 0.1) is 13.0 Å². The topological polar surface area (TPSA) is 27.7 Å². The van der Waals surface area contributed by atoms with Crippen molar-refractivity contribution in [3.8, 4) is 0 Å². The van der Waals surface area contributed by atoms with Crippen molar-refractivity contribution in [1.29, 1.82) is 0 Å². The fourth-order valence-corrected chi connectivity index (χ4v) is 2.05. The molecule has 1 aliphatic heterocycles. The lowest BCUT2D eigenvalue weighted by Crippen LogP contribution is -2.56. The first-order chi connectivity index (χ1) is 7.82. The Bertz CT molecular complexity index is 235. The molecule has 0 saturated carbocycles. The summed E-state index contributed by atoms with van der Waals surface area (Å²) in [4.78, 5) is 0. The molecule has 0 spiro atoms. The van der Waals surface area contributed by atoms with E-state index in [0.29, 0.717) is 0 Å². The van der Waals surface area contributed by atoms with Gasteiger partial charge in [0.2, 0.25) is 0 Å². The Morgan fingerprint density at radius 2 is 0.722 bits per heavy atom. The van der Waals surface area contributed by atoms with Crippen LogP contribution < -0.4 is 0 Å². The lowest BCUT2D eigenvalue weighted by atomic mass is 10.1. The predicted molar refractivity (Wildman–Crippen MR) is 83.6 cm³/mol. The Labute approximate surface area is 135 Å². The highest BCUT2D eigenvalue weighted by atomic mass is 79.9. The third-order valence-electron chi connectivity index (χ3n) is 2.42. The van der Waals surface area contributed by atoms with E-state index in [2.05, 4.69) is 47.8 Å². The van der Waals surface area contributed by atoms with Gasteiger partial charge in [-0.2, -0.15) is 0 Å². The van der Waals surface area contributed by atoms with Crippen LogP contribution in [-0.2, 0) is 14.2 Å². The van der Waals surface area contributed by atoms with E-state index < -0.39 is 0 Å². The highest BCUT2D eigenvalue weighted by Gasteiger charge is 2.47. The Hall–Kier alpha value is 1.32. The molecule has 108 valence electrons. The molecular weight excluding hydrogens is 432 g/mol. The zero-order valence-electron chi connectivity index (χ0n) is 11.6. The van der Waals surface area contributed by atoms with Crippen LogP contribution in [-0.4, -0.2) is 31.8 Å². The fraction of sp³-hybridized carbons (Fsp3) is 1.00. The second kappa shape index (κ2) is 5.60. The van der Waals surface area contributed by atoms with Crippen LogP contribution >= 0.6 is 47.8 Å². The predicted octanol–water partition coefficient (Wildman–Crippen LogP) is 4.55. The molecular formula is C12H21Br3O3. The minimum absolute atomic E-state index is 0.288. The van der Waals surface area contributed by atoms with Crippen LogP contribution in [0.4, 0.5) is 0 Å². The zero-order valence-corrected chi connectivity index (χ0v) is 16.3. The fourth-order valence-electron chi connectivity index (χ4n) is 1.40. The number of ether oxygens (including phenoxy) is 3. The first-order valence-electron chi connectivity index (χ1n) is 5.85. The molecule has 0 atom stereocenters. The van der Waals surface area contributed by atoms with Crippen LogP contribution in [0, 0.1) is 0 Å². The zero-order chi connectivity index (χ0) is 14.4. The lowest BCUT2D eigenvalue weighted by molar-refractivity contribution is -0.396. The molecule has 3 nitrogen and oxygen atoms in total. The van der Waals surface area contributed by atoms with Crippen LogP contribution in [0.1, 0.15) is 41.5 Å². The number of alkyl halides is 3. The average Bonchev–Trinajstić information content (AvgIpc) is 2.13. The van der Waals surface area contributed by atoms with Gasteiger partial charge in [-0.3, -0.25) is 0 Å². The van der Waals surface area contributed by atoms with Crippen molar-refractivity contribution in [2.24, 2.45) is 0 Å². The average molecular weight is 453 g/mol. The molecule has 0 aromatic carbocycles. The normalized spacial score (nSPS) is 31.5. The van der Waals surface area contributed by atoms with E-state index >= 15 is 0 Å². The first kappa shape index (κ1) is 17.4. The van der Waals surface area contributed by atoms with Gasteiger partial charge < -0.3 is 14.2 Å². The van der Waals surface area contributed by atoms with Crippen LogP contribution in [0.15, 0.2) is 0 Å². The van der Waals surface area contributed by atoms with Crippen molar-refractivity contribution in [3.63, 3.8) is 0 Å². The van der Waals surface area contributed by atoms with Gasteiger partial charge in [0, 0.05) is 0 Å². The smallest absolute Gasteiger partial charge is 0.178 e. The quantitative estimate of drug-likeness (QED) is 0.588. The van der Waals surface area contributed by atoms with Gasteiger partial charge in [-0.1, -0.05) is 47.8 Å². The standard InChI is InChI=1S/C12H21Br3O3/c1-10(2,13)7-16-8(11(3,4)14)18-9(17-7)12(5,6)15/h7-9H,1-6H3. The minimum Gasteiger partial charge on any atom is -0.321 e. The monoisotopic (exact) mass is 450 g/mol. The maximum atomic E-state index is 5.88. The summed E-state index contributed by atoms with van der Waals surface area (Å²) in [6, 6.07) is 0. The Kier molecular flexibility index (Phi) is 5.41. The molecule has 0 aromatic heterocycles. The van der Waals surface area contributed by atoms with E-state index in [0.717, 1.165) is 0 Å². The van der Waals surface area contributed by atoms with Crippen LogP contribution in [0.3, 0.4) is 0 Å². The van der Waals surface area contributed by atoms with Crippen molar-refractivity contribution in [3.05, 3.63) is 0 Å². The summed E-state index contributed by atoms with van der Waals surface area (Å²) >= 11 is 10.8. The Morgan fingerprint density at radius 1 is 0.556 bits per heavy atom. The van der Waals surface area contributed by atoms with Crippen molar-refractivity contribution < 1.29 is 14.2 Å². The highest BCUT2D eigenvalue weighted by molar-refractivity contribution is 9.10. The second-order valence-electron chi connectivity index (χ2n) is 6.10. The van der Waals surface area contributed by atoms with Gasteiger partial charge in [0.1, 0.15) is 0 Å². The summed E-state index contributed by atoms with van der Waals surface area (Å²) in [6.07, 6.45) is -1.14. The molecule has 1 aliphatic rings. The van der Waals surface area contributed by atoms with E-state index in [-0.39, 0.29) is 31.8 Å². The summed E-state index contributed by atoms with van der Waals surface area (Å²) in [5.41, 5.74) is 0. The maximum absolute atomic E-state index is 5.88. The van der Waals surface area contributed by atoms with E-state index in [4.69, 9.17) is 14.2 Å². The molecule has 0 radical (unpaired) electrons. The summed E-state index contributed by atoms with van der Waals surface area (Å²) < 4.78 is 16.8. The van der Waals surface area contributed by atoms with Crippen LogP contribution in [0.5, 0.6) is 0 Å². The highest BCUT2D eigenvalue weighted by Crippen LogP contribution is 2.40. The van der Waals surface area contributed by atoms with Crippen molar-refractivity contribution in [1.82, 2.24) is 0 Å². The molecule has 0 unspecified atom stereocenters. The molecule has 0 aliphatic carbocycles. The molecule has 0 bridgehead atoms. The van der Waals surface area contributed by atoms with E-state index in [1.165, 1.54) is 0 Å². The summed E-state index contributed by atoms with van der Waals surface area (Å²) in [5, 5.41) is 0. The number of hydrogen-bond acceptors (Lipinski definition) is 3. The minimum atomic E-state index is -0.380. The molecule has 1 heterocycles.